The third-order valence-electron chi connectivity index (χ3n) is 4.01. The molecule has 0 spiro atoms. The van der Waals surface area contributed by atoms with Crippen molar-refractivity contribution >= 4 is 17.3 Å². The van der Waals surface area contributed by atoms with Crippen LogP contribution in [0.4, 0.5) is 5.69 Å². The molecule has 0 amide bonds. The smallest absolute Gasteiger partial charge is 0.287 e. The summed E-state index contributed by atoms with van der Waals surface area (Å²) in [4.78, 5) is 12.1. The van der Waals surface area contributed by atoms with Crippen LogP contribution in [0.5, 0.6) is 0 Å². The lowest BCUT2D eigenvalue weighted by molar-refractivity contribution is 0.501. The van der Waals surface area contributed by atoms with Crippen LogP contribution in [0.2, 0.25) is 5.02 Å². The molecule has 2 saturated carbocycles. The van der Waals surface area contributed by atoms with Gasteiger partial charge in [-0.25, -0.2) is 4.68 Å². The van der Waals surface area contributed by atoms with Crippen LogP contribution in [0, 0.1) is 11.8 Å². The highest BCUT2D eigenvalue weighted by Crippen LogP contribution is 2.46. The fourth-order valence-corrected chi connectivity index (χ4v) is 2.81. The topological polar surface area (TPSA) is 46.9 Å². The van der Waals surface area contributed by atoms with E-state index in [0.29, 0.717) is 11.7 Å². The van der Waals surface area contributed by atoms with Crippen molar-refractivity contribution in [3.05, 3.63) is 21.6 Å². The van der Waals surface area contributed by atoms with Gasteiger partial charge >= 0.3 is 0 Å². The first-order valence-corrected chi connectivity index (χ1v) is 7.49. The predicted molar refractivity (Wildman–Crippen MR) is 76.8 cm³/mol. The maximum atomic E-state index is 12.1. The Balaban J connectivity index is 1.84. The van der Waals surface area contributed by atoms with Crippen molar-refractivity contribution < 1.29 is 0 Å². The number of halogens is 1. The minimum absolute atomic E-state index is 0.0294. The number of aromatic nitrogens is 2. The molecule has 3 rings (SSSR count). The molecule has 1 N–H and O–H groups in total. The average molecular weight is 282 g/mol. The zero-order valence-corrected chi connectivity index (χ0v) is 12.2. The molecule has 0 atom stereocenters. The summed E-state index contributed by atoms with van der Waals surface area (Å²) in [6.45, 7) is 3.85. The minimum atomic E-state index is -0.202. The van der Waals surface area contributed by atoms with Gasteiger partial charge < -0.3 is 5.32 Å². The van der Waals surface area contributed by atoms with Gasteiger partial charge in [0.15, 0.2) is 0 Å². The van der Waals surface area contributed by atoms with Crippen LogP contribution in [0.15, 0.2) is 11.0 Å². The van der Waals surface area contributed by atoms with Gasteiger partial charge in [0, 0.05) is 6.04 Å². The molecule has 0 aromatic carbocycles. The van der Waals surface area contributed by atoms with E-state index in [-0.39, 0.29) is 16.6 Å². The highest BCUT2D eigenvalue weighted by molar-refractivity contribution is 6.32. The van der Waals surface area contributed by atoms with Crippen LogP contribution < -0.4 is 10.9 Å². The quantitative estimate of drug-likeness (QED) is 0.902. The second-order valence-corrected chi connectivity index (χ2v) is 6.44. The van der Waals surface area contributed by atoms with Gasteiger partial charge in [-0.3, -0.25) is 4.79 Å². The number of hydrogen-bond acceptors (Lipinski definition) is 3. The monoisotopic (exact) mass is 281 g/mol. The number of nitrogens with zero attached hydrogens (tertiary/aromatic N) is 2. The summed E-state index contributed by atoms with van der Waals surface area (Å²) in [5, 5.41) is 7.95. The van der Waals surface area contributed by atoms with E-state index in [1.165, 1.54) is 30.4 Å². The standard InChI is InChI=1S/C14H20ClN3O/c1-8(2)18-14(19)12(15)11(7-16-18)17-13(9-3-4-9)10-5-6-10/h7-10,13,17H,3-6H2,1-2H3. The average Bonchev–Trinajstić information content (AvgIpc) is 3.24. The molecule has 104 valence electrons. The highest BCUT2D eigenvalue weighted by atomic mass is 35.5. The second kappa shape index (κ2) is 4.82. The summed E-state index contributed by atoms with van der Waals surface area (Å²) in [7, 11) is 0. The fraction of sp³-hybridized carbons (Fsp3) is 0.714. The van der Waals surface area contributed by atoms with E-state index < -0.39 is 0 Å². The number of anilines is 1. The Bertz CT molecular complexity index is 520. The summed E-state index contributed by atoms with van der Waals surface area (Å²) in [6, 6.07) is 0.510. The minimum Gasteiger partial charge on any atom is -0.379 e. The maximum absolute atomic E-state index is 12.1. The van der Waals surface area contributed by atoms with Crippen molar-refractivity contribution in [3.8, 4) is 0 Å². The van der Waals surface area contributed by atoms with E-state index in [9.17, 15) is 4.79 Å². The zero-order valence-electron chi connectivity index (χ0n) is 11.4. The van der Waals surface area contributed by atoms with E-state index in [4.69, 9.17) is 11.6 Å². The van der Waals surface area contributed by atoms with Crippen LogP contribution in [-0.2, 0) is 0 Å². The van der Waals surface area contributed by atoms with E-state index in [2.05, 4.69) is 10.4 Å². The molecule has 0 unspecified atom stereocenters. The molecule has 0 radical (unpaired) electrons. The molecule has 0 saturated heterocycles. The summed E-state index contributed by atoms with van der Waals surface area (Å²) >= 11 is 6.20. The van der Waals surface area contributed by atoms with Crippen LogP contribution in [-0.4, -0.2) is 15.8 Å². The zero-order chi connectivity index (χ0) is 13.6. The molecule has 2 aliphatic carbocycles. The molecule has 19 heavy (non-hydrogen) atoms. The third kappa shape index (κ3) is 2.64. The third-order valence-corrected chi connectivity index (χ3v) is 4.38. The first-order chi connectivity index (χ1) is 9.08. The van der Waals surface area contributed by atoms with Crippen molar-refractivity contribution in [2.24, 2.45) is 11.8 Å². The Morgan fingerprint density at radius 2 is 1.89 bits per heavy atom. The molecule has 1 aromatic rings. The fourth-order valence-electron chi connectivity index (χ4n) is 2.62. The largest absolute Gasteiger partial charge is 0.379 e. The van der Waals surface area contributed by atoms with Gasteiger partial charge in [0.05, 0.1) is 17.9 Å². The number of nitrogens with one attached hydrogen (secondary N) is 1. The maximum Gasteiger partial charge on any atom is 0.287 e. The number of hydrogen-bond donors (Lipinski definition) is 1. The second-order valence-electron chi connectivity index (χ2n) is 6.06. The lowest BCUT2D eigenvalue weighted by atomic mass is 10.1. The van der Waals surface area contributed by atoms with Crippen LogP contribution in [0.3, 0.4) is 0 Å². The first-order valence-electron chi connectivity index (χ1n) is 7.11. The summed E-state index contributed by atoms with van der Waals surface area (Å²) in [6.07, 6.45) is 6.87. The highest BCUT2D eigenvalue weighted by Gasteiger charge is 2.41. The van der Waals surface area contributed by atoms with Gasteiger partial charge in [-0.15, -0.1) is 0 Å². The van der Waals surface area contributed by atoms with Crippen molar-refractivity contribution in [3.63, 3.8) is 0 Å². The van der Waals surface area contributed by atoms with Gasteiger partial charge in [0.2, 0.25) is 0 Å². The Hall–Kier alpha value is -1.03. The Morgan fingerprint density at radius 3 is 2.37 bits per heavy atom. The summed E-state index contributed by atoms with van der Waals surface area (Å²) in [5.74, 6) is 1.52. The van der Waals surface area contributed by atoms with Crippen LogP contribution >= 0.6 is 11.6 Å². The summed E-state index contributed by atoms with van der Waals surface area (Å²) < 4.78 is 1.43. The van der Waals surface area contributed by atoms with Crippen LogP contribution in [0.25, 0.3) is 0 Å². The number of rotatable bonds is 5. The molecule has 2 aliphatic rings. The SMILES string of the molecule is CC(C)n1ncc(NC(C2CC2)C2CC2)c(Cl)c1=O. The lowest BCUT2D eigenvalue weighted by Gasteiger charge is -2.20. The Labute approximate surface area is 118 Å². The molecule has 1 heterocycles. The molecular weight excluding hydrogens is 262 g/mol. The molecule has 4 nitrogen and oxygen atoms in total. The molecule has 0 bridgehead atoms. The van der Waals surface area contributed by atoms with Crippen LogP contribution in [0.1, 0.15) is 45.6 Å². The molecule has 1 aromatic heterocycles. The van der Waals surface area contributed by atoms with Gasteiger partial charge in [0.1, 0.15) is 5.02 Å². The van der Waals surface area contributed by atoms with Crippen molar-refractivity contribution in [2.45, 2.75) is 51.6 Å². The molecule has 5 heteroatoms. The van der Waals surface area contributed by atoms with E-state index >= 15 is 0 Å². The molecular formula is C14H20ClN3O. The van der Waals surface area contributed by atoms with E-state index in [1.54, 1.807) is 6.20 Å². The van der Waals surface area contributed by atoms with Crippen molar-refractivity contribution in [1.29, 1.82) is 0 Å². The van der Waals surface area contributed by atoms with Gasteiger partial charge in [-0.1, -0.05) is 11.6 Å². The van der Waals surface area contributed by atoms with E-state index in [0.717, 1.165) is 11.8 Å². The molecule has 2 fully saturated rings. The van der Waals surface area contributed by atoms with E-state index in [1.807, 2.05) is 13.8 Å². The Kier molecular flexibility index (Phi) is 3.29. The summed E-state index contributed by atoms with van der Waals surface area (Å²) in [5.41, 5.74) is 0.499. The normalized spacial score (nSPS) is 19.2. The van der Waals surface area contributed by atoms with Gasteiger partial charge in [0.25, 0.3) is 5.56 Å². The van der Waals surface area contributed by atoms with Crippen molar-refractivity contribution in [1.82, 2.24) is 9.78 Å². The van der Waals surface area contributed by atoms with Crippen molar-refractivity contribution in [2.75, 3.05) is 5.32 Å². The first kappa shape index (κ1) is 13.0. The Morgan fingerprint density at radius 1 is 1.32 bits per heavy atom. The predicted octanol–water partition coefficient (Wildman–Crippen LogP) is 3.08. The van der Waals surface area contributed by atoms with Gasteiger partial charge in [-0.05, 0) is 51.4 Å². The van der Waals surface area contributed by atoms with Gasteiger partial charge in [-0.2, -0.15) is 5.10 Å². The molecule has 0 aliphatic heterocycles. The lowest BCUT2D eigenvalue weighted by Crippen LogP contribution is -2.29.